The molecule has 5 rings (SSSR count). The van der Waals surface area contributed by atoms with Gasteiger partial charge in [-0.1, -0.05) is 12.8 Å². The molecule has 0 bridgehead atoms. The SMILES string of the molecule is CCOC(=O)C1=C(N2CCN(C(=O)c3ccco3)CC2)C2CCCCC2N(CC2CC2)C1=O. The summed E-state index contributed by atoms with van der Waals surface area (Å²) in [5.74, 6) is 0.277. The van der Waals surface area contributed by atoms with E-state index in [-0.39, 0.29) is 36.0 Å². The number of hydrogen-bond acceptors (Lipinski definition) is 6. The lowest BCUT2D eigenvalue weighted by Gasteiger charge is -2.49. The summed E-state index contributed by atoms with van der Waals surface area (Å²) in [6, 6.07) is 3.55. The van der Waals surface area contributed by atoms with Crippen molar-refractivity contribution >= 4 is 17.8 Å². The monoisotopic (exact) mass is 455 g/mol. The van der Waals surface area contributed by atoms with E-state index in [1.165, 1.54) is 6.26 Å². The third-order valence-electron chi connectivity index (χ3n) is 7.48. The van der Waals surface area contributed by atoms with E-state index in [9.17, 15) is 14.4 Å². The van der Waals surface area contributed by atoms with Crippen LogP contribution in [0.2, 0.25) is 0 Å². The summed E-state index contributed by atoms with van der Waals surface area (Å²) < 4.78 is 10.7. The molecule has 178 valence electrons. The van der Waals surface area contributed by atoms with Crippen LogP contribution in [0.3, 0.4) is 0 Å². The van der Waals surface area contributed by atoms with Crippen molar-refractivity contribution in [3.05, 3.63) is 35.4 Å². The van der Waals surface area contributed by atoms with Crippen molar-refractivity contribution in [2.24, 2.45) is 11.8 Å². The maximum atomic E-state index is 13.7. The zero-order chi connectivity index (χ0) is 22.9. The van der Waals surface area contributed by atoms with Gasteiger partial charge < -0.3 is 23.9 Å². The number of amides is 2. The van der Waals surface area contributed by atoms with E-state index in [4.69, 9.17) is 9.15 Å². The fraction of sp³-hybridized carbons (Fsp3) is 0.640. The van der Waals surface area contributed by atoms with Gasteiger partial charge in [-0.25, -0.2) is 4.79 Å². The minimum atomic E-state index is -0.503. The van der Waals surface area contributed by atoms with Crippen LogP contribution in [0.1, 0.15) is 56.0 Å². The van der Waals surface area contributed by atoms with Gasteiger partial charge in [0.1, 0.15) is 5.57 Å². The van der Waals surface area contributed by atoms with Crippen molar-refractivity contribution in [2.75, 3.05) is 39.3 Å². The van der Waals surface area contributed by atoms with Crippen LogP contribution < -0.4 is 0 Å². The zero-order valence-corrected chi connectivity index (χ0v) is 19.3. The largest absolute Gasteiger partial charge is 0.462 e. The number of furan rings is 1. The number of nitrogens with zero attached hydrogens (tertiary/aromatic N) is 3. The van der Waals surface area contributed by atoms with E-state index in [2.05, 4.69) is 4.90 Å². The van der Waals surface area contributed by atoms with Crippen molar-refractivity contribution < 1.29 is 23.5 Å². The number of hydrogen-bond donors (Lipinski definition) is 0. The van der Waals surface area contributed by atoms with E-state index in [1.807, 2.05) is 4.90 Å². The third-order valence-corrected chi connectivity index (χ3v) is 7.48. The topological polar surface area (TPSA) is 83.3 Å². The second-order valence-corrected chi connectivity index (χ2v) is 9.60. The Morgan fingerprint density at radius 3 is 2.52 bits per heavy atom. The van der Waals surface area contributed by atoms with E-state index >= 15 is 0 Å². The fourth-order valence-electron chi connectivity index (χ4n) is 5.68. The van der Waals surface area contributed by atoms with Crippen LogP contribution in [0.4, 0.5) is 0 Å². The molecule has 1 aromatic rings. The van der Waals surface area contributed by atoms with Crippen molar-refractivity contribution in [3.63, 3.8) is 0 Å². The van der Waals surface area contributed by atoms with Crippen molar-refractivity contribution in [1.82, 2.24) is 14.7 Å². The molecule has 2 aliphatic carbocycles. The lowest BCUT2D eigenvalue weighted by molar-refractivity contribution is -0.145. The smallest absolute Gasteiger partial charge is 0.345 e. The molecule has 3 fully saturated rings. The quantitative estimate of drug-likeness (QED) is 0.485. The summed E-state index contributed by atoms with van der Waals surface area (Å²) in [5.41, 5.74) is 1.09. The van der Waals surface area contributed by atoms with Crippen LogP contribution in [-0.4, -0.2) is 77.9 Å². The van der Waals surface area contributed by atoms with Gasteiger partial charge in [-0.05, 0) is 50.7 Å². The molecular formula is C25H33N3O5. The van der Waals surface area contributed by atoms with Crippen molar-refractivity contribution in [2.45, 2.75) is 51.5 Å². The molecule has 2 unspecified atom stereocenters. The Morgan fingerprint density at radius 2 is 1.85 bits per heavy atom. The Kier molecular flexibility index (Phi) is 6.17. The third kappa shape index (κ3) is 4.27. The first-order chi connectivity index (χ1) is 16.1. The summed E-state index contributed by atoms with van der Waals surface area (Å²) in [4.78, 5) is 45.4. The summed E-state index contributed by atoms with van der Waals surface area (Å²) in [6.45, 7) is 4.99. The van der Waals surface area contributed by atoms with Crippen LogP contribution in [0.25, 0.3) is 0 Å². The van der Waals surface area contributed by atoms with Crippen LogP contribution in [-0.2, 0) is 14.3 Å². The average molecular weight is 456 g/mol. The highest BCUT2D eigenvalue weighted by atomic mass is 16.5. The molecule has 2 atom stereocenters. The van der Waals surface area contributed by atoms with Gasteiger partial charge in [0.15, 0.2) is 5.76 Å². The predicted molar refractivity (Wildman–Crippen MR) is 120 cm³/mol. The first-order valence-electron chi connectivity index (χ1n) is 12.4. The molecule has 8 nitrogen and oxygen atoms in total. The van der Waals surface area contributed by atoms with Gasteiger partial charge in [-0.15, -0.1) is 0 Å². The molecule has 4 aliphatic rings. The molecule has 2 saturated carbocycles. The normalized spacial score (nSPS) is 25.8. The van der Waals surface area contributed by atoms with E-state index in [1.54, 1.807) is 24.0 Å². The Bertz CT molecular complexity index is 928. The van der Waals surface area contributed by atoms with Gasteiger partial charge in [-0.2, -0.15) is 0 Å². The lowest BCUT2D eigenvalue weighted by Crippen LogP contribution is -2.57. The van der Waals surface area contributed by atoms with Gasteiger partial charge in [-0.3, -0.25) is 9.59 Å². The second kappa shape index (κ2) is 9.23. The van der Waals surface area contributed by atoms with E-state index in [0.717, 1.165) is 50.8 Å². The predicted octanol–water partition coefficient (Wildman–Crippen LogP) is 2.67. The lowest BCUT2D eigenvalue weighted by atomic mass is 9.76. The van der Waals surface area contributed by atoms with Gasteiger partial charge in [0.05, 0.1) is 12.9 Å². The van der Waals surface area contributed by atoms with Gasteiger partial charge in [0, 0.05) is 50.4 Å². The molecule has 3 heterocycles. The van der Waals surface area contributed by atoms with Crippen molar-refractivity contribution in [3.8, 4) is 0 Å². The fourth-order valence-corrected chi connectivity index (χ4v) is 5.68. The molecule has 8 heteroatoms. The molecule has 33 heavy (non-hydrogen) atoms. The van der Waals surface area contributed by atoms with Gasteiger partial charge in [0.2, 0.25) is 0 Å². The molecule has 2 amide bonds. The number of esters is 1. The molecular weight excluding hydrogens is 422 g/mol. The van der Waals surface area contributed by atoms with E-state index < -0.39 is 5.97 Å². The Labute approximate surface area is 194 Å². The van der Waals surface area contributed by atoms with Crippen LogP contribution in [0.5, 0.6) is 0 Å². The molecule has 0 aromatic carbocycles. The summed E-state index contributed by atoms with van der Waals surface area (Å²) in [5, 5.41) is 0. The number of ether oxygens (including phenoxy) is 1. The molecule has 0 radical (unpaired) electrons. The number of carbonyl (C=O) groups is 3. The minimum Gasteiger partial charge on any atom is -0.462 e. The summed E-state index contributed by atoms with van der Waals surface area (Å²) in [6.07, 6.45) is 8.01. The number of rotatable bonds is 6. The van der Waals surface area contributed by atoms with Crippen molar-refractivity contribution in [1.29, 1.82) is 0 Å². The molecule has 1 saturated heterocycles. The molecule has 1 aromatic heterocycles. The molecule has 2 aliphatic heterocycles. The number of piperazine rings is 1. The van der Waals surface area contributed by atoms with Gasteiger partial charge in [0.25, 0.3) is 11.8 Å². The highest BCUT2D eigenvalue weighted by molar-refractivity contribution is 6.17. The number of carbonyl (C=O) groups excluding carboxylic acids is 3. The van der Waals surface area contributed by atoms with E-state index in [0.29, 0.717) is 37.9 Å². The Balaban J connectivity index is 1.43. The van der Waals surface area contributed by atoms with Crippen LogP contribution >= 0.6 is 0 Å². The maximum Gasteiger partial charge on any atom is 0.345 e. The van der Waals surface area contributed by atoms with Crippen LogP contribution in [0.15, 0.2) is 34.1 Å². The first kappa shape index (κ1) is 22.0. The Hall–Kier alpha value is -2.77. The molecule has 0 N–H and O–H groups in total. The number of fused-ring (bicyclic) bond motifs is 1. The average Bonchev–Trinajstić information content (AvgIpc) is 3.49. The maximum absolute atomic E-state index is 13.7. The Morgan fingerprint density at radius 1 is 1.09 bits per heavy atom. The standard InChI is InChI=1S/C25H33N3O5/c1-2-32-25(31)21-22(26-11-13-27(14-12-26)23(29)20-8-5-15-33-20)18-6-3-4-7-19(18)28(24(21)30)16-17-9-10-17/h5,8,15,17-19H,2-4,6-7,9-14,16H2,1H3. The highest BCUT2D eigenvalue weighted by Crippen LogP contribution is 2.43. The summed E-state index contributed by atoms with van der Waals surface area (Å²) in [7, 11) is 0. The minimum absolute atomic E-state index is 0.120. The highest BCUT2D eigenvalue weighted by Gasteiger charge is 2.48. The second-order valence-electron chi connectivity index (χ2n) is 9.60. The first-order valence-corrected chi connectivity index (χ1v) is 12.4. The van der Waals surface area contributed by atoms with Gasteiger partial charge >= 0.3 is 5.97 Å². The summed E-state index contributed by atoms with van der Waals surface area (Å²) >= 11 is 0. The van der Waals surface area contributed by atoms with Crippen LogP contribution in [0, 0.1) is 11.8 Å². The molecule has 0 spiro atoms. The zero-order valence-electron chi connectivity index (χ0n) is 19.3.